The number of nitrogens with zero attached hydrogens (tertiary/aromatic N) is 1. The van der Waals surface area contributed by atoms with Gasteiger partial charge in [-0.2, -0.15) is 4.31 Å². The topological polar surface area (TPSA) is 59.8 Å². The van der Waals surface area contributed by atoms with E-state index in [1.54, 1.807) is 42.1 Å². The van der Waals surface area contributed by atoms with Crippen molar-refractivity contribution in [1.82, 2.24) is 4.31 Å². The van der Waals surface area contributed by atoms with E-state index in [1.807, 2.05) is 37.4 Å². The first-order chi connectivity index (χ1) is 13.0. The van der Waals surface area contributed by atoms with Crippen LogP contribution < -0.4 is 4.74 Å². The second-order valence-electron chi connectivity index (χ2n) is 6.18. The van der Waals surface area contributed by atoms with E-state index in [1.165, 1.54) is 4.31 Å². The van der Waals surface area contributed by atoms with Crippen molar-refractivity contribution in [3.63, 3.8) is 0 Å². The molecule has 2 aromatic heterocycles. The number of hydrogen-bond acceptors (Lipinski definition) is 5. The summed E-state index contributed by atoms with van der Waals surface area (Å²) in [5, 5.41) is 2.00. The summed E-state index contributed by atoms with van der Waals surface area (Å²) in [4.78, 5) is 1.36. The van der Waals surface area contributed by atoms with E-state index >= 15 is 0 Å². The standard InChI is InChI=1S/C20H23NO4S2/c1-3-25-19-7-6-16(2)13-20(19)27(22,23)21(14-17-9-11-24-15-17)10-8-18-5-4-12-26-18/h4-7,9,11-13,15H,3,8,10,14H2,1-2H3. The van der Waals surface area contributed by atoms with Crippen LogP contribution in [0.25, 0.3) is 0 Å². The molecule has 1 aromatic carbocycles. The Morgan fingerprint density at radius 1 is 1.22 bits per heavy atom. The van der Waals surface area contributed by atoms with Crippen LogP contribution in [0, 0.1) is 6.92 Å². The quantitative estimate of drug-likeness (QED) is 0.527. The lowest BCUT2D eigenvalue weighted by Crippen LogP contribution is -2.32. The molecule has 0 aliphatic rings. The monoisotopic (exact) mass is 405 g/mol. The maximum atomic E-state index is 13.5. The summed E-state index contributed by atoms with van der Waals surface area (Å²) < 4.78 is 39.2. The van der Waals surface area contributed by atoms with Crippen molar-refractivity contribution in [2.45, 2.75) is 31.7 Å². The summed E-state index contributed by atoms with van der Waals surface area (Å²) in [6.07, 6.45) is 3.79. The molecular weight excluding hydrogens is 382 g/mol. The van der Waals surface area contributed by atoms with Crippen molar-refractivity contribution >= 4 is 21.4 Å². The highest BCUT2D eigenvalue weighted by molar-refractivity contribution is 7.89. The molecule has 0 fully saturated rings. The van der Waals surface area contributed by atoms with Crippen LogP contribution in [0.3, 0.4) is 0 Å². The molecule has 144 valence electrons. The third kappa shape index (κ3) is 4.80. The molecule has 0 unspecified atom stereocenters. The fourth-order valence-electron chi connectivity index (χ4n) is 2.79. The van der Waals surface area contributed by atoms with Gasteiger partial charge in [0.1, 0.15) is 10.6 Å². The summed E-state index contributed by atoms with van der Waals surface area (Å²) in [6.45, 7) is 4.76. The first kappa shape index (κ1) is 19.7. The van der Waals surface area contributed by atoms with Gasteiger partial charge in [-0.25, -0.2) is 8.42 Å². The minimum absolute atomic E-state index is 0.207. The second-order valence-corrected chi connectivity index (χ2v) is 9.12. The molecular formula is C20H23NO4S2. The van der Waals surface area contributed by atoms with E-state index in [0.29, 0.717) is 25.3 Å². The fraction of sp³-hybridized carbons (Fsp3) is 0.300. The predicted molar refractivity (Wildman–Crippen MR) is 107 cm³/mol. The maximum Gasteiger partial charge on any atom is 0.247 e. The summed E-state index contributed by atoms with van der Waals surface area (Å²) in [5.41, 5.74) is 1.69. The van der Waals surface area contributed by atoms with Crippen molar-refractivity contribution in [2.75, 3.05) is 13.2 Å². The van der Waals surface area contributed by atoms with Crippen LogP contribution in [-0.2, 0) is 23.0 Å². The van der Waals surface area contributed by atoms with Gasteiger partial charge in [-0.3, -0.25) is 0 Å². The Labute approximate surface area is 164 Å². The van der Waals surface area contributed by atoms with E-state index in [2.05, 4.69) is 0 Å². The van der Waals surface area contributed by atoms with Crippen LogP contribution >= 0.6 is 11.3 Å². The Hall–Kier alpha value is -2.09. The first-order valence-corrected chi connectivity index (χ1v) is 11.1. The van der Waals surface area contributed by atoms with Crippen LogP contribution in [0.15, 0.2) is 63.6 Å². The molecule has 0 spiro atoms. The first-order valence-electron chi connectivity index (χ1n) is 8.77. The second kappa shape index (κ2) is 8.73. The van der Waals surface area contributed by atoms with E-state index in [0.717, 1.165) is 16.0 Å². The molecule has 7 heteroatoms. The molecule has 5 nitrogen and oxygen atoms in total. The number of ether oxygens (including phenoxy) is 1. The molecule has 0 atom stereocenters. The lowest BCUT2D eigenvalue weighted by Gasteiger charge is -2.23. The van der Waals surface area contributed by atoms with E-state index < -0.39 is 10.0 Å². The Bertz CT molecular complexity index is 948. The third-order valence-electron chi connectivity index (χ3n) is 4.14. The lowest BCUT2D eigenvalue weighted by atomic mass is 10.2. The van der Waals surface area contributed by atoms with Crippen LogP contribution in [0.2, 0.25) is 0 Å². The molecule has 3 aromatic rings. The number of hydrogen-bond donors (Lipinski definition) is 0. The van der Waals surface area contributed by atoms with Gasteiger partial charge in [0, 0.05) is 23.5 Å². The zero-order valence-corrected chi connectivity index (χ0v) is 17.1. The fourth-order valence-corrected chi connectivity index (χ4v) is 5.13. The van der Waals surface area contributed by atoms with Crippen LogP contribution in [-0.4, -0.2) is 25.9 Å². The Kier molecular flexibility index (Phi) is 6.36. The summed E-state index contributed by atoms with van der Waals surface area (Å²) in [5.74, 6) is 0.386. The van der Waals surface area contributed by atoms with Crippen molar-refractivity contribution in [2.24, 2.45) is 0 Å². The zero-order chi connectivity index (χ0) is 19.3. The van der Waals surface area contributed by atoms with Crippen LogP contribution in [0.4, 0.5) is 0 Å². The highest BCUT2D eigenvalue weighted by atomic mass is 32.2. The molecule has 0 aliphatic carbocycles. The van der Waals surface area contributed by atoms with Crippen LogP contribution in [0.5, 0.6) is 5.75 Å². The molecule has 2 heterocycles. The van der Waals surface area contributed by atoms with E-state index in [-0.39, 0.29) is 11.4 Å². The van der Waals surface area contributed by atoms with Crippen molar-refractivity contribution in [3.8, 4) is 5.75 Å². The van der Waals surface area contributed by atoms with Crippen molar-refractivity contribution in [3.05, 3.63) is 70.3 Å². The number of aryl methyl sites for hydroxylation is 1. The molecule has 27 heavy (non-hydrogen) atoms. The highest BCUT2D eigenvalue weighted by Crippen LogP contribution is 2.29. The minimum Gasteiger partial charge on any atom is -0.492 e. The summed E-state index contributed by atoms with van der Waals surface area (Å²) in [6, 6.07) is 11.0. The van der Waals surface area contributed by atoms with Crippen molar-refractivity contribution < 1.29 is 17.6 Å². The van der Waals surface area contributed by atoms with Crippen LogP contribution in [0.1, 0.15) is 22.9 Å². The van der Waals surface area contributed by atoms with E-state index in [4.69, 9.17) is 9.15 Å². The molecule has 0 amide bonds. The molecule has 0 radical (unpaired) electrons. The number of benzene rings is 1. The average molecular weight is 406 g/mol. The normalized spacial score (nSPS) is 11.8. The van der Waals surface area contributed by atoms with Gasteiger partial charge >= 0.3 is 0 Å². The summed E-state index contributed by atoms with van der Waals surface area (Å²) >= 11 is 1.63. The molecule has 0 aliphatic heterocycles. The maximum absolute atomic E-state index is 13.5. The van der Waals surface area contributed by atoms with E-state index in [9.17, 15) is 8.42 Å². The number of rotatable bonds is 9. The lowest BCUT2D eigenvalue weighted by molar-refractivity contribution is 0.328. The Morgan fingerprint density at radius 3 is 2.74 bits per heavy atom. The van der Waals surface area contributed by atoms with Gasteiger partial charge in [0.05, 0.1) is 19.1 Å². The molecule has 0 saturated carbocycles. The number of thiophene rings is 1. The summed E-state index contributed by atoms with van der Waals surface area (Å²) in [7, 11) is -3.73. The number of furan rings is 1. The predicted octanol–water partition coefficient (Wildman–Crippen LogP) is 4.48. The van der Waals surface area contributed by atoms with Crippen molar-refractivity contribution in [1.29, 1.82) is 0 Å². The van der Waals surface area contributed by atoms with Gasteiger partial charge in [0.15, 0.2) is 0 Å². The van der Waals surface area contributed by atoms with Gasteiger partial charge in [0.25, 0.3) is 0 Å². The SMILES string of the molecule is CCOc1ccc(C)cc1S(=O)(=O)N(CCc1cccs1)Cc1ccoc1. The smallest absolute Gasteiger partial charge is 0.247 e. The highest BCUT2D eigenvalue weighted by Gasteiger charge is 2.28. The zero-order valence-electron chi connectivity index (χ0n) is 15.4. The van der Waals surface area contributed by atoms with Gasteiger partial charge in [0.2, 0.25) is 10.0 Å². The number of sulfonamides is 1. The van der Waals surface area contributed by atoms with Gasteiger partial charge in [-0.05, 0) is 55.5 Å². The van der Waals surface area contributed by atoms with Gasteiger partial charge in [-0.1, -0.05) is 12.1 Å². The molecule has 0 bridgehead atoms. The molecule has 0 saturated heterocycles. The molecule has 0 N–H and O–H groups in total. The van der Waals surface area contributed by atoms with Gasteiger partial charge in [-0.15, -0.1) is 11.3 Å². The Morgan fingerprint density at radius 2 is 2.07 bits per heavy atom. The minimum atomic E-state index is -3.73. The average Bonchev–Trinajstić information content (AvgIpc) is 3.34. The van der Waals surface area contributed by atoms with Gasteiger partial charge < -0.3 is 9.15 Å². The Balaban J connectivity index is 1.94. The molecule has 3 rings (SSSR count). The third-order valence-corrected chi connectivity index (χ3v) is 6.95. The largest absolute Gasteiger partial charge is 0.492 e.